The molecule has 2 aliphatic heterocycles. The summed E-state index contributed by atoms with van der Waals surface area (Å²) in [6.07, 6.45) is -12.3. The van der Waals surface area contributed by atoms with Gasteiger partial charge in [-0.2, -0.15) is 4.31 Å². The van der Waals surface area contributed by atoms with E-state index in [1.807, 2.05) is 4.98 Å². The summed E-state index contributed by atoms with van der Waals surface area (Å²) in [7, 11) is -10.9. The van der Waals surface area contributed by atoms with Gasteiger partial charge in [0.2, 0.25) is 0 Å². The quantitative estimate of drug-likeness (QED) is 0.137. The fourth-order valence-electron chi connectivity index (χ4n) is 3.32. The maximum Gasteiger partial charge on any atom is 0.483 e. The van der Waals surface area contributed by atoms with Gasteiger partial charge in [-0.1, -0.05) is 0 Å². The summed E-state index contributed by atoms with van der Waals surface area (Å²) in [5.41, 5.74) is -1.50. The van der Waals surface area contributed by atoms with Crippen molar-refractivity contribution in [3.63, 3.8) is 0 Å². The summed E-state index contributed by atoms with van der Waals surface area (Å²) >= 11 is 0. The first-order valence-corrected chi connectivity index (χ1v) is 12.9. The van der Waals surface area contributed by atoms with Crippen molar-refractivity contribution < 1.29 is 67.3 Å². The molecule has 35 heavy (non-hydrogen) atoms. The Morgan fingerprint density at radius 1 is 1.03 bits per heavy atom. The van der Waals surface area contributed by atoms with E-state index in [4.69, 9.17) is 14.6 Å². The molecule has 8 N–H and O–H groups in total. The number of ether oxygens (including phenoxy) is 2. The fraction of sp³-hybridized carbons (Fsp3) is 0.733. The van der Waals surface area contributed by atoms with E-state index in [9.17, 15) is 48.9 Å². The van der Waals surface area contributed by atoms with Gasteiger partial charge in [0.15, 0.2) is 6.29 Å². The van der Waals surface area contributed by atoms with Crippen LogP contribution in [-0.4, -0.2) is 101 Å². The van der Waals surface area contributed by atoms with Crippen molar-refractivity contribution >= 4 is 15.6 Å². The molecule has 0 saturated carbocycles. The molecule has 2 fully saturated rings. The summed E-state index contributed by atoms with van der Waals surface area (Å²) in [4.78, 5) is 44.5. The Balaban J connectivity index is 1.58. The molecule has 1 aromatic heterocycles. The fourth-order valence-corrected chi connectivity index (χ4v) is 5.47. The van der Waals surface area contributed by atoms with Gasteiger partial charge >= 0.3 is 21.3 Å². The number of hydrogen-bond donors (Lipinski definition) is 8. The molecule has 4 unspecified atom stereocenters. The first-order valence-electron chi connectivity index (χ1n) is 9.88. The Labute approximate surface area is 195 Å². The Bertz CT molecular complexity index is 1090. The normalized spacial score (nSPS) is 37.0. The largest absolute Gasteiger partial charge is 0.483 e. The van der Waals surface area contributed by atoms with Crippen LogP contribution in [0.1, 0.15) is 12.6 Å². The van der Waals surface area contributed by atoms with Gasteiger partial charge in [-0.3, -0.25) is 23.4 Å². The Morgan fingerprint density at radius 3 is 2.34 bits per heavy atom. The topological polar surface area (TPSA) is 277 Å². The summed E-state index contributed by atoms with van der Waals surface area (Å²) in [6, 6.07) is 1.03. The lowest BCUT2D eigenvalue weighted by Crippen LogP contribution is -2.58. The number of hydrogen-bond acceptors (Lipinski definition) is 14. The number of aromatic amines is 1. The maximum atomic E-state index is 12.1. The van der Waals surface area contributed by atoms with Crippen molar-refractivity contribution in [3.05, 3.63) is 33.1 Å². The molecule has 0 aliphatic carbocycles. The van der Waals surface area contributed by atoms with E-state index in [0.717, 1.165) is 16.8 Å². The van der Waals surface area contributed by atoms with Crippen molar-refractivity contribution in [1.82, 2.24) is 9.55 Å². The van der Waals surface area contributed by atoms with Gasteiger partial charge in [-0.05, 0) is 0 Å². The predicted octanol–water partition coefficient (Wildman–Crippen LogP) is -3.76. The highest BCUT2D eigenvalue weighted by molar-refractivity contribution is 7.61. The Morgan fingerprint density at radius 2 is 1.71 bits per heavy atom. The van der Waals surface area contributed by atoms with E-state index in [1.54, 1.807) is 0 Å². The minimum atomic E-state index is -5.53. The third-order valence-corrected chi connectivity index (χ3v) is 7.66. The van der Waals surface area contributed by atoms with Crippen molar-refractivity contribution in [2.45, 2.75) is 55.6 Å². The first-order chi connectivity index (χ1) is 16.2. The molecule has 20 heteroatoms. The number of phosphoric acid groups is 2. The monoisotopic (exact) mass is 550 g/mol. The van der Waals surface area contributed by atoms with E-state index in [-0.39, 0.29) is 6.42 Å². The Hall–Kier alpha value is -1.34. The van der Waals surface area contributed by atoms with Gasteiger partial charge in [0.1, 0.15) is 36.7 Å². The average molecular weight is 550 g/mol. The third-order valence-electron chi connectivity index (χ3n) is 5.06. The number of nitrogens with one attached hydrogen (secondary N) is 1. The Kier molecular flexibility index (Phi) is 8.84. The third kappa shape index (κ3) is 6.91. The number of phosphoric ester groups is 2. The maximum absolute atomic E-state index is 12.1. The minimum Gasteiger partial charge on any atom is -0.394 e. The zero-order chi connectivity index (χ0) is 26.1. The molecule has 10 atom stereocenters. The molecular weight excluding hydrogens is 526 g/mol. The minimum absolute atomic E-state index is 0.171. The second-order valence-electron chi connectivity index (χ2n) is 7.57. The molecule has 0 aromatic carbocycles. The van der Waals surface area contributed by atoms with Crippen LogP contribution in [0.25, 0.3) is 0 Å². The molecule has 2 saturated heterocycles. The molecule has 0 radical (unpaired) electrons. The molecule has 1 aromatic rings. The molecule has 0 bridgehead atoms. The van der Waals surface area contributed by atoms with Crippen molar-refractivity contribution in [3.8, 4) is 0 Å². The van der Waals surface area contributed by atoms with Gasteiger partial charge in [0.25, 0.3) is 5.56 Å². The van der Waals surface area contributed by atoms with Crippen LogP contribution in [0.5, 0.6) is 0 Å². The van der Waals surface area contributed by atoms with E-state index >= 15 is 0 Å². The van der Waals surface area contributed by atoms with Crippen LogP contribution in [0, 0.1) is 0 Å². The molecule has 200 valence electrons. The lowest BCUT2D eigenvalue weighted by atomic mass is 10.00. The molecular formula is C15H24N2O16P2. The van der Waals surface area contributed by atoms with Gasteiger partial charge < -0.3 is 44.8 Å². The van der Waals surface area contributed by atoms with Crippen LogP contribution in [0.2, 0.25) is 0 Å². The van der Waals surface area contributed by atoms with Crippen molar-refractivity contribution in [2.24, 2.45) is 0 Å². The van der Waals surface area contributed by atoms with Crippen molar-refractivity contribution in [1.29, 1.82) is 0 Å². The van der Waals surface area contributed by atoms with E-state index < -0.39 is 89.2 Å². The lowest BCUT2D eigenvalue weighted by molar-refractivity contribution is -0.280. The summed E-state index contributed by atoms with van der Waals surface area (Å²) in [5, 5.41) is 48.4. The molecule has 18 nitrogen and oxygen atoms in total. The highest BCUT2D eigenvalue weighted by Crippen LogP contribution is 2.61. The molecule has 0 amide bonds. The second-order valence-corrected chi connectivity index (χ2v) is 10.6. The van der Waals surface area contributed by atoms with Gasteiger partial charge in [0.05, 0.1) is 19.3 Å². The molecule has 2 aliphatic rings. The number of H-pyrrole nitrogens is 1. The van der Waals surface area contributed by atoms with Gasteiger partial charge in [-0.15, -0.1) is 0 Å². The molecule has 3 heterocycles. The number of aliphatic hydroxyl groups excluding tert-OH is 5. The van der Waals surface area contributed by atoms with E-state index in [0.29, 0.717) is 0 Å². The van der Waals surface area contributed by atoms with Crippen LogP contribution in [0.4, 0.5) is 0 Å². The number of rotatable bonds is 9. The second kappa shape index (κ2) is 11.0. The summed E-state index contributed by atoms with van der Waals surface area (Å²) < 4.78 is 48.5. The SMILES string of the molecule is O=c1ccn(C2C[C@H](O)[C@@H](COP(=O)(O)OP(=O)(O)OC3O[C@H](CO)[C@H](O)[C@@H](O)[C@H]3O)O2)c(=O)[nH]1. The van der Waals surface area contributed by atoms with Crippen LogP contribution in [0.3, 0.4) is 0 Å². The van der Waals surface area contributed by atoms with Crippen molar-refractivity contribution in [2.75, 3.05) is 13.2 Å². The van der Waals surface area contributed by atoms with Gasteiger partial charge in [-0.25, -0.2) is 13.9 Å². The van der Waals surface area contributed by atoms with E-state index in [2.05, 4.69) is 13.4 Å². The molecule has 0 spiro atoms. The lowest BCUT2D eigenvalue weighted by Gasteiger charge is -2.39. The standard InChI is InChI=1S/C15H24N2O16P2/c18-4-7-11(21)12(22)13(23)14(31-7)32-35(27,28)33-34(25,26)29-5-8-6(19)3-10(30-8)17-2-1-9(20)16-15(17)24/h1-2,6-8,10-14,18-19,21-23H,3-5H2,(H,25,26)(H,27,28)(H,16,20,24)/t6-,7+,8+,10?,11-,12+,13+,14?/m0/s1. The zero-order valence-corrected chi connectivity index (χ0v) is 19.3. The smallest absolute Gasteiger partial charge is 0.394 e. The van der Waals surface area contributed by atoms with E-state index in [1.165, 1.54) is 0 Å². The number of nitrogens with zero attached hydrogens (tertiary/aromatic N) is 1. The van der Waals surface area contributed by atoms with Crippen LogP contribution >= 0.6 is 15.6 Å². The number of aliphatic hydroxyl groups is 5. The predicted molar refractivity (Wildman–Crippen MR) is 107 cm³/mol. The van der Waals surface area contributed by atoms with Crippen LogP contribution in [-0.2, 0) is 32.0 Å². The van der Waals surface area contributed by atoms with Crippen LogP contribution < -0.4 is 11.2 Å². The first kappa shape index (κ1) is 28.2. The van der Waals surface area contributed by atoms with Gasteiger partial charge in [0, 0.05) is 18.7 Å². The zero-order valence-electron chi connectivity index (χ0n) is 17.5. The van der Waals surface area contributed by atoms with Crippen LogP contribution in [0.15, 0.2) is 21.9 Å². The average Bonchev–Trinajstić information content (AvgIpc) is 3.12. The highest BCUT2D eigenvalue weighted by Gasteiger charge is 2.48. The summed E-state index contributed by atoms with van der Waals surface area (Å²) in [6.45, 7) is -1.73. The molecule has 3 rings (SSSR count). The summed E-state index contributed by atoms with van der Waals surface area (Å²) in [5.74, 6) is 0. The highest BCUT2D eigenvalue weighted by atomic mass is 31.3. The number of aromatic nitrogens is 2.